The average Bonchev–Trinajstić information content (AvgIpc) is 0.811. The van der Waals surface area contributed by atoms with Crippen LogP contribution in [0.5, 0.6) is 0 Å². The molecule has 0 aromatic rings. The van der Waals surface area contributed by atoms with Crippen LogP contribution in [0, 0.1) is 0 Å². The minimum Gasteiger partial charge on any atom is -0.672 e. The van der Waals surface area contributed by atoms with Gasteiger partial charge in [-0.1, -0.05) is 0 Å². The number of hydrogen-bond acceptors (Lipinski definition) is 3. The van der Waals surface area contributed by atoms with Gasteiger partial charge in [-0.3, -0.25) is 0 Å². The van der Waals surface area contributed by atoms with Crippen LogP contribution in [0.1, 0.15) is 0 Å². The summed E-state index contributed by atoms with van der Waals surface area (Å²) in [7, 11) is -3.63. The molecule has 0 aliphatic heterocycles. The van der Waals surface area contributed by atoms with E-state index in [2.05, 4.69) is 0 Å². The number of hydrogen-bond donors (Lipinski definition) is 0. The molecule has 32 valence electrons. The summed E-state index contributed by atoms with van der Waals surface area (Å²) in [5.74, 6) is 0. The van der Waals surface area contributed by atoms with Gasteiger partial charge in [0, 0.05) is 9.17 Å². The first-order chi connectivity index (χ1) is 1.73. The molecule has 0 aromatic carbocycles. The van der Waals surface area contributed by atoms with Crippen molar-refractivity contribution in [2.24, 2.45) is 0 Å². The SMILES string of the molecule is O.O=[Si]([O-])[O-].[Sr+2]. The second-order valence-corrected chi connectivity index (χ2v) is 0.750. The molecule has 2 N–H and O–H groups in total. The Morgan fingerprint density at radius 2 is 1.33 bits per heavy atom. The first kappa shape index (κ1) is 15.7. The molecule has 0 fully saturated rings. The molecule has 0 aromatic heterocycles. The van der Waals surface area contributed by atoms with E-state index in [1.165, 1.54) is 0 Å². The third-order valence-electron chi connectivity index (χ3n) is 0. The summed E-state index contributed by atoms with van der Waals surface area (Å²) in [6.45, 7) is 0. The van der Waals surface area contributed by atoms with E-state index in [1.807, 2.05) is 0 Å². The molecule has 0 rings (SSSR count). The van der Waals surface area contributed by atoms with Gasteiger partial charge in [-0.05, 0) is 0 Å². The molecular formula is H2O4SiSr. The summed E-state index contributed by atoms with van der Waals surface area (Å²) in [5, 5.41) is 0. The van der Waals surface area contributed by atoms with E-state index >= 15 is 0 Å². The van der Waals surface area contributed by atoms with Crippen molar-refractivity contribution in [1.29, 1.82) is 0 Å². The molecule has 0 bridgehead atoms. The molecule has 0 heterocycles. The van der Waals surface area contributed by atoms with Crippen molar-refractivity contribution in [2.75, 3.05) is 0 Å². The Labute approximate surface area is 73.3 Å². The van der Waals surface area contributed by atoms with Crippen molar-refractivity contribution in [2.45, 2.75) is 0 Å². The molecule has 0 unspecified atom stereocenters. The van der Waals surface area contributed by atoms with Crippen LogP contribution in [0.4, 0.5) is 0 Å². The van der Waals surface area contributed by atoms with Crippen molar-refractivity contribution >= 4 is 54.7 Å². The van der Waals surface area contributed by atoms with Gasteiger partial charge in [0.15, 0.2) is 0 Å². The normalized spacial score (nSPS) is 4.00. The van der Waals surface area contributed by atoms with E-state index in [9.17, 15) is 0 Å². The summed E-state index contributed by atoms with van der Waals surface area (Å²) in [6, 6.07) is 0. The maximum atomic E-state index is 8.52. The van der Waals surface area contributed by atoms with Gasteiger partial charge < -0.3 is 19.5 Å². The monoisotopic (exact) mass is 182 g/mol. The fourth-order valence-corrected chi connectivity index (χ4v) is 0. The van der Waals surface area contributed by atoms with Gasteiger partial charge >= 0.3 is 45.5 Å². The minimum absolute atomic E-state index is 0. The van der Waals surface area contributed by atoms with E-state index in [0.29, 0.717) is 0 Å². The van der Waals surface area contributed by atoms with Crippen LogP contribution in [0.3, 0.4) is 0 Å². The Bertz CT molecular complexity index is 30.5. The van der Waals surface area contributed by atoms with Crippen LogP contribution in [0.2, 0.25) is 0 Å². The van der Waals surface area contributed by atoms with Crippen molar-refractivity contribution in [3.8, 4) is 0 Å². The fourth-order valence-electron chi connectivity index (χ4n) is 0. The van der Waals surface area contributed by atoms with Gasteiger partial charge in [0.25, 0.3) is 0 Å². The Balaban J connectivity index is -0.0000000450. The van der Waals surface area contributed by atoms with E-state index in [4.69, 9.17) is 14.1 Å². The van der Waals surface area contributed by atoms with Crippen LogP contribution < -0.4 is 9.59 Å². The molecule has 0 saturated carbocycles. The van der Waals surface area contributed by atoms with Crippen LogP contribution in [0.15, 0.2) is 0 Å². The molecule has 4 nitrogen and oxygen atoms in total. The summed E-state index contributed by atoms with van der Waals surface area (Å²) in [6.07, 6.45) is 0. The summed E-state index contributed by atoms with van der Waals surface area (Å²) in [5.41, 5.74) is 0. The first-order valence-corrected chi connectivity index (χ1v) is 1.84. The van der Waals surface area contributed by atoms with Gasteiger partial charge in [-0.2, -0.15) is 0 Å². The fraction of sp³-hybridized carbons (Fsp3) is 0. The first-order valence-electron chi connectivity index (χ1n) is 0.612. The predicted molar refractivity (Wildman–Crippen MR) is 15.8 cm³/mol. The largest absolute Gasteiger partial charge is 2.00 e. The third kappa shape index (κ3) is 74.5. The second-order valence-electron chi connectivity index (χ2n) is 0.250. The second kappa shape index (κ2) is 9.41. The molecule has 6 heavy (non-hydrogen) atoms. The van der Waals surface area contributed by atoms with Gasteiger partial charge in [0.2, 0.25) is 0 Å². The zero-order valence-corrected chi connectivity index (χ0v) is 7.41. The Hall–Kier alpha value is 1.06. The zero-order valence-electron chi connectivity index (χ0n) is 2.93. The molecular weight excluding hydrogens is 180 g/mol. The molecule has 0 amide bonds. The molecule has 0 spiro atoms. The molecule has 0 aliphatic carbocycles. The zero-order chi connectivity index (χ0) is 3.58. The van der Waals surface area contributed by atoms with E-state index in [1.54, 1.807) is 0 Å². The maximum Gasteiger partial charge on any atom is 2.00 e. The smallest absolute Gasteiger partial charge is 0.672 e. The van der Waals surface area contributed by atoms with E-state index < -0.39 is 9.17 Å². The number of rotatable bonds is 0. The Morgan fingerprint density at radius 1 is 1.33 bits per heavy atom. The van der Waals surface area contributed by atoms with Gasteiger partial charge in [-0.15, -0.1) is 0 Å². The minimum atomic E-state index is -3.63. The van der Waals surface area contributed by atoms with Gasteiger partial charge in [0.05, 0.1) is 0 Å². The summed E-state index contributed by atoms with van der Waals surface area (Å²) in [4.78, 5) is 17.0. The van der Waals surface area contributed by atoms with Gasteiger partial charge in [-0.25, -0.2) is 0 Å². The average molecular weight is 182 g/mol. The van der Waals surface area contributed by atoms with Crippen molar-refractivity contribution in [1.82, 2.24) is 0 Å². The molecule has 0 radical (unpaired) electrons. The topological polar surface area (TPSA) is 94.7 Å². The van der Waals surface area contributed by atoms with Gasteiger partial charge in [0.1, 0.15) is 0 Å². The Kier molecular flexibility index (Phi) is 24.7. The van der Waals surface area contributed by atoms with Crippen LogP contribution in [-0.2, 0) is 4.46 Å². The molecule has 0 aliphatic rings. The molecule has 0 atom stereocenters. The summed E-state index contributed by atoms with van der Waals surface area (Å²) < 4.78 is 8.52. The standard InChI is InChI=1S/O3Si.H2O.Sr/c1-4(2)3;;/h;1H2;/q-2;;+2. The molecule has 0 saturated heterocycles. The van der Waals surface area contributed by atoms with Crippen molar-refractivity contribution in [3.63, 3.8) is 0 Å². The van der Waals surface area contributed by atoms with E-state index in [-0.39, 0.29) is 51.0 Å². The van der Waals surface area contributed by atoms with Crippen LogP contribution >= 0.6 is 0 Å². The molecule has 6 heteroatoms. The summed E-state index contributed by atoms with van der Waals surface area (Å²) >= 11 is 0. The maximum absolute atomic E-state index is 8.52. The quantitative estimate of drug-likeness (QED) is 0.356. The van der Waals surface area contributed by atoms with E-state index in [0.717, 1.165) is 0 Å². The van der Waals surface area contributed by atoms with Crippen LogP contribution in [-0.4, -0.2) is 60.1 Å². The Morgan fingerprint density at radius 3 is 1.33 bits per heavy atom. The van der Waals surface area contributed by atoms with Crippen LogP contribution in [0.25, 0.3) is 0 Å². The van der Waals surface area contributed by atoms with Crippen molar-refractivity contribution < 1.29 is 19.5 Å². The van der Waals surface area contributed by atoms with Crippen molar-refractivity contribution in [3.05, 3.63) is 0 Å². The predicted octanol–water partition coefficient (Wildman–Crippen LogP) is -4.08. The third-order valence-corrected chi connectivity index (χ3v) is 0.